The first-order chi connectivity index (χ1) is 7.70. The topological polar surface area (TPSA) is 52.6 Å². The monoisotopic (exact) mass is 364 g/mol. The third-order valence-corrected chi connectivity index (χ3v) is 0.749. The Morgan fingerprint density at radius 3 is 1.53 bits per heavy atom. The third-order valence-electron chi connectivity index (χ3n) is 0.749. The highest BCUT2D eigenvalue weighted by molar-refractivity contribution is 9.11. The van der Waals surface area contributed by atoms with Crippen molar-refractivity contribution in [2.75, 3.05) is 0 Å². The van der Waals surface area contributed by atoms with Crippen LogP contribution in [-0.2, 0) is 19.1 Å². The first-order valence-electron chi connectivity index (χ1n) is 3.77. The molecule has 0 aromatic carbocycles. The van der Waals surface area contributed by atoms with Crippen molar-refractivity contribution in [3.63, 3.8) is 0 Å². The first-order valence-corrected chi connectivity index (χ1v) is 5.70. The largest absolute Gasteiger partial charge is 0.474 e. The summed E-state index contributed by atoms with van der Waals surface area (Å²) in [6.45, 7) is 6.51. The number of hydrogen-bond donors (Lipinski definition) is 0. The number of halogens is 4. The van der Waals surface area contributed by atoms with E-state index in [0.717, 1.165) is 12.2 Å². The molecular weight excluding hydrogens is 358 g/mol. The van der Waals surface area contributed by atoms with Crippen LogP contribution in [0.3, 0.4) is 0 Å². The van der Waals surface area contributed by atoms with E-state index in [1.165, 1.54) is 12.5 Å². The minimum Gasteiger partial charge on any atom is -0.474 e. The molecule has 96 valence electrons. The maximum Gasteiger partial charge on any atom is 0.338 e. The predicted molar refractivity (Wildman–Crippen MR) is 70.9 cm³/mol. The van der Waals surface area contributed by atoms with Crippen molar-refractivity contribution in [3.05, 3.63) is 37.8 Å². The van der Waals surface area contributed by atoms with E-state index in [9.17, 15) is 9.59 Å². The molecule has 0 bridgehead atoms. The summed E-state index contributed by atoms with van der Waals surface area (Å²) in [5.74, 6) is -1.16. The lowest BCUT2D eigenvalue weighted by Gasteiger charge is -1.91. The van der Waals surface area contributed by atoms with Gasteiger partial charge in [0, 0.05) is 12.2 Å². The summed E-state index contributed by atoms with van der Waals surface area (Å²) in [4.78, 5) is 19.8. The molecule has 1 aliphatic heterocycles. The van der Waals surface area contributed by atoms with E-state index in [0.29, 0.717) is 0 Å². The Kier molecular flexibility index (Phi) is 11.8. The Labute approximate surface area is 122 Å². The summed E-state index contributed by atoms with van der Waals surface area (Å²) in [5.41, 5.74) is 0. The highest BCUT2D eigenvalue weighted by atomic mass is 79.9. The maximum absolute atomic E-state index is 9.92. The zero-order valence-electron chi connectivity index (χ0n) is 8.37. The summed E-state index contributed by atoms with van der Waals surface area (Å²) in [7, 11) is 0. The summed E-state index contributed by atoms with van der Waals surface area (Å²) in [6.07, 6.45) is 4.80. The molecule has 0 amide bonds. The van der Waals surface area contributed by atoms with Crippen molar-refractivity contribution in [1.82, 2.24) is 0 Å². The number of cyclic esters (lactones) is 2. The van der Waals surface area contributed by atoms with Crippen molar-refractivity contribution in [3.8, 4) is 0 Å². The van der Waals surface area contributed by atoms with Crippen LogP contribution in [0.4, 0.5) is 0 Å². The number of ether oxygens (including phenoxy) is 2. The van der Waals surface area contributed by atoms with Crippen LogP contribution in [0.2, 0.25) is 0 Å². The number of hydrogen-bond acceptors (Lipinski definition) is 4. The molecule has 1 rings (SSSR count). The number of carbonyl (C=O) groups excluding carboxylic acids is 2. The van der Waals surface area contributed by atoms with Crippen LogP contribution < -0.4 is 0 Å². The molecule has 1 heterocycles. The Hall–Kier alpha value is -0.490. The Bertz CT molecular complexity index is 282. The summed E-state index contributed by atoms with van der Waals surface area (Å²) in [6, 6.07) is 0. The molecule has 0 atom stereocenters. The highest BCUT2D eigenvalue weighted by Gasteiger charge is 2.10. The lowest BCUT2D eigenvalue weighted by Crippen LogP contribution is -1.96. The van der Waals surface area contributed by atoms with E-state index in [2.05, 4.69) is 38.6 Å². The van der Waals surface area contributed by atoms with Crippen LogP contribution in [-0.4, -0.2) is 14.6 Å². The van der Waals surface area contributed by atoms with Crippen LogP contribution in [0.25, 0.3) is 0 Å². The van der Waals surface area contributed by atoms with Crippen LogP contribution >= 0.6 is 50.7 Å². The molecular formula is C9H8BrCl3O4. The van der Waals surface area contributed by atoms with Crippen molar-refractivity contribution in [2.45, 2.75) is 2.70 Å². The second kappa shape index (κ2) is 10.7. The molecule has 0 saturated heterocycles. The standard InChI is InChI=1S/C4H2O3.C4H6O.CBrCl3/c5-3-1-2-4(6)7-3;1-3-5-4-2;2-1(3,4)5/h1-2H;3-4H,1-2H2;. The summed E-state index contributed by atoms with van der Waals surface area (Å²) in [5, 5.41) is 0. The van der Waals surface area contributed by atoms with Crippen molar-refractivity contribution in [2.24, 2.45) is 0 Å². The number of rotatable bonds is 2. The molecule has 0 N–H and O–H groups in total. The highest BCUT2D eigenvalue weighted by Crippen LogP contribution is 2.32. The average Bonchev–Trinajstić information content (AvgIpc) is 2.49. The molecule has 4 nitrogen and oxygen atoms in total. The van der Waals surface area contributed by atoms with Crippen molar-refractivity contribution >= 4 is 62.7 Å². The zero-order valence-corrected chi connectivity index (χ0v) is 12.2. The molecule has 1 aliphatic rings. The molecule has 17 heavy (non-hydrogen) atoms. The SMILES string of the molecule is C=COC=C.ClC(Cl)(Cl)Br.O=C1C=CC(=O)O1. The van der Waals surface area contributed by atoms with Crippen LogP contribution in [0.5, 0.6) is 0 Å². The molecule has 8 heteroatoms. The van der Waals surface area contributed by atoms with Gasteiger partial charge in [0.25, 0.3) is 0 Å². The molecule has 0 aromatic rings. The molecule has 0 aliphatic carbocycles. The summed E-state index contributed by atoms with van der Waals surface area (Å²) >= 11 is 17.6. The predicted octanol–water partition coefficient (Wildman–Crippen LogP) is 3.63. The van der Waals surface area contributed by atoms with Crippen LogP contribution in [0, 0.1) is 0 Å². The molecule has 0 radical (unpaired) electrons. The van der Waals surface area contributed by atoms with Gasteiger partial charge in [0.05, 0.1) is 12.5 Å². The normalized spacial score (nSPS) is 12.5. The minimum absolute atomic E-state index is 0.579. The average molecular weight is 366 g/mol. The van der Waals surface area contributed by atoms with E-state index >= 15 is 0 Å². The van der Waals surface area contributed by atoms with Crippen molar-refractivity contribution in [1.29, 1.82) is 0 Å². The number of alkyl halides is 4. The molecule has 0 unspecified atom stereocenters. The molecule has 0 aromatic heterocycles. The van der Waals surface area contributed by atoms with Crippen molar-refractivity contribution < 1.29 is 19.1 Å². The Morgan fingerprint density at radius 1 is 1.18 bits per heavy atom. The van der Waals surface area contributed by atoms with Gasteiger partial charge in [-0.25, -0.2) is 9.59 Å². The van der Waals surface area contributed by atoms with E-state index in [-0.39, 0.29) is 0 Å². The fourth-order valence-electron chi connectivity index (χ4n) is 0.371. The van der Waals surface area contributed by atoms with Gasteiger partial charge in [0.1, 0.15) is 0 Å². The van der Waals surface area contributed by atoms with Gasteiger partial charge in [-0.15, -0.1) is 0 Å². The molecule has 0 saturated carbocycles. The quantitative estimate of drug-likeness (QED) is 0.324. The fourth-order valence-corrected chi connectivity index (χ4v) is 0.371. The zero-order chi connectivity index (χ0) is 13.9. The second-order valence-corrected chi connectivity index (χ2v) is 6.81. The van der Waals surface area contributed by atoms with Gasteiger partial charge in [0.2, 0.25) is 2.70 Å². The first kappa shape index (κ1) is 18.9. The van der Waals surface area contributed by atoms with E-state index in [4.69, 9.17) is 34.8 Å². The lowest BCUT2D eigenvalue weighted by atomic mass is 10.6. The van der Waals surface area contributed by atoms with Gasteiger partial charge >= 0.3 is 11.9 Å². The van der Waals surface area contributed by atoms with E-state index < -0.39 is 14.6 Å². The van der Waals surface area contributed by atoms with Crippen LogP contribution in [0.1, 0.15) is 0 Å². The van der Waals surface area contributed by atoms with Gasteiger partial charge in [-0.2, -0.15) is 0 Å². The Morgan fingerprint density at radius 2 is 1.47 bits per heavy atom. The molecule has 0 spiro atoms. The minimum atomic E-state index is -1.27. The smallest absolute Gasteiger partial charge is 0.338 e. The summed E-state index contributed by atoms with van der Waals surface area (Å²) < 4.78 is 7.06. The van der Waals surface area contributed by atoms with Gasteiger partial charge in [0.15, 0.2) is 0 Å². The van der Waals surface area contributed by atoms with Crippen LogP contribution in [0.15, 0.2) is 37.8 Å². The lowest BCUT2D eigenvalue weighted by molar-refractivity contribution is -0.150. The van der Waals surface area contributed by atoms with E-state index in [1.807, 2.05) is 0 Å². The maximum atomic E-state index is 9.92. The Balaban J connectivity index is 0. The number of carbonyl (C=O) groups is 2. The van der Waals surface area contributed by atoms with E-state index in [1.54, 1.807) is 0 Å². The van der Waals surface area contributed by atoms with Gasteiger partial charge in [-0.05, 0) is 15.9 Å². The second-order valence-electron chi connectivity index (χ2n) is 1.97. The third kappa shape index (κ3) is 25.6. The number of esters is 2. The fraction of sp³-hybridized carbons (Fsp3) is 0.111. The van der Waals surface area contributed by atoms with Gasteiger partial charge in [-0.3, -0.25) is 0 Å². The molecule has 0 fully saturated rings. The van der Waals surface area contributed by atoms with Gasteiger partial charge < -0.3 is 9.47 Å². The van der Waals surface area contributed by atoms with Gasteiger partial charge in [-0.1, -0.05) is 48.0 Å².